The van der Waals surface area contributed by atoms with Gasteiger partial charge in [0.15, 0.2) is 0 Å². The first kappa shape index (κ1) is 9.66. The summed E-state index contributed by atoms with van der Waals surface area (Å²) in [5, 5.41) is 0. The van der Waals surface area contributed by atoms with E-state index in [1.807, 2.05) is 0 Å². The van der Waals surface area contributed by atoms with Crippen molar-refractivity contribution >= 4 is 24.7 Å². The highest BCUT2D eigenvalue weighted by Crippen LogP contribution is 2.08. The van der Waals surface area contributed by atoms with Crippen LogP contribution in [-0.2, 0) is 4.74 Å². The van der Waals surface area contributed by atoms with E-state index in [0.717, 1.165) is 0 Å². The predicted molar refractivity (Wildman–Crippen MR) is 47.8 cm³/mol. The van der Waals surface area contributed by atoms with Crippen molar-refractivity contribution < 1.29 is 4.74 Å². The highest BCUT2D eigenvalue weighted by molar-refractivity contribution is 9.10. The molecule has 0 radical (unpaired) electrons. The molecule has 0 aliphatic carbocycles. The van der Waals surface area contributed by atoms with Gasteiger partial charge < -0.3 is 4.74 Å². The van der Waals surface area contributed by atoms with Crippen LogP contribution < -0.4 is 0 Å². The van der Waals surface area contributed by atoms with Gasteiger partial charge in [-0.1, -0.05) is 29.0 Å². The third-order valence-corrected chi connectivity index (χ3v) is 5.52. The van der Waals surface area contributed by atoms with Gasteiger partial charge in [0.2, 0.25) is 0 Å². The summed E-state index contributed by atoms with van der Waals surface area (Å²) in [4.78, 5) is 0. The van der Waals surface area contributed by atoms with E-state index in [2.05, 4.69) is 42.9 Å². The van der Waals surface area contributed by atoms with Crippen LogP contribution >= 0.6 is 15.9 Å². The second-order valence-electron chi connectivity index (χ2n) is 2.78. The van der Waals surface area contributed by atoms with E-state index in [4.69, 9.17) is 4.74 Å². The summed E-state index contributed by atoms with van der Waals surface area (Å²) in [6.07, 6.45) is 0.351. The highest BCUT2D eigenvalue weighted by Gasteiger charge is 2.11. The molecule has 56 valence electrons. The summed E-state index contributed by atoms with van der Waals surface area (Å²) in [6, 6.07) is 0. The Balaban J connectivity index is 3.38. The number of hydrogen-bond donors (Lipinski definition) is 0. The van der Waals surface area contributed by atoms with Gasteiger partial charge >= 0.3 is 0 Å². The van der Waals surface area contributed by atoms with Crippen LogP contribution in [0.1, 0.15) is 13.8 Å². The molecule has 0 saturated carbocycles. The highest BCUT2D eigenvalue weighted by atomic mass is 79.9. The summed E-state index contributed by atoms with van der Waals surface area (Å²) >= 11 is 3.48. The quantitative estimate of drug-likeness (QED) is 0.513. The fourth-order valence-corrected chi connectivity index (χ4v) is 1.48. The predicted octanol–water partition coefficient (Wildman–Crippen LogP) is 2.16. The zero-order valence-corrected chi connectivity index (χ0v) is 9.26. The summed E-state index contributed by atoms with van der Waals surface area (Å²) in [6.45, 7) is 8.65. The van der Waals surface area contributed by atoms with Crippen molar-refractivity contribution in [2.75, 3.05) is 0 Å². The average Bonchev–Trinajstić information content (AvgIpc) is 1.63. The van der Waals surface area contributed by atoms with Crippen LogP contribution in [-0.4, -0.2) is 19.5 Å². The van der Waals surface area contributed by atoms with E-state index in [0.29, 0.717) is 10.7 Å². The molecule has 1 unspecified atom stereocenters. The van der Waals surface area contributed by atoms with Gasteiger partial charge in [0, 0.05) is 0 Å². The van der Waals surface area contributed by atoms with Gasteiger partial charge in [-0.2, -0.15) is 0 Å². The fourth-order valence-electron chi connectivity index (χ4n) is 0.417. The minimum absolute atomic E-state index is 0.345. The third-order valence-electron chi connectivity index (χ3n) is 0.926. The van der Waals surface area contributed by atoms with E-state index >= 15 is 0 Å². The molecule has 0 spiro atoms. The first-order valence-corrected chi connectivity index (χ1v) is 7.22. The molecule has 0 saturated heterocycles. The van der Waals surface area contributed by atoms with Gasteiger partial charge in [0.05, 0.1) is 19.5 Å². The van der Waals surface area contributed by atoms with Crippen LogP contribution in [0.4, 0.5) is 0 Å². The minimum atomic E-state index is -0.626. The molecule has 3 heteroatoms. The molecule has 0 aliphatic rings. The first-order valence-electron chi connectivity index (χ1n) is 3.33. The first-order chi connectivity index (χ1) is 4.04. The van der Waals surface area contributed by atoms with E-state index < -0.39 is 8.80 Å². The maximum atomic E-state index is 5.49. The molecule has 0 rings (SSSR count). The fraction of sp³-hybridized carbons (Fsp3) is 1.00. The number of halogens is 1. The molecular formula is C6H15BrOSi. The van der Waals surface area contributed by atoms with Crippen molar-refractivity contribution in [2.24, 2.45) is 0 Å². The van der Waals surface area contributed by atoms with Gasteiger partial charge in [-0.3, -0.25) is 0 Å². The Hall–Kier alpha value is 0.657. The summed E-state index contributed by atoms with van der Waals surface area (Å²) in [5.41, 5.74) is 0. The van der Waals surface area contributed by atoms with Gasteiger partial charge in [-0.15, -0.1) is 0 Å². The van der Waals surface area contributed by atoms with Crippen LogP contribution in [0.25, 0.3) is 0 Å². The van der Waals surface area contributed by atoms with Crippen LogP contribution in [0.15, 0.2) is 0 Å². The lowest BCUT2D eigenvalue weighted by Crippen LogP contribution is -2.24. The molecule has 9 heavy (non-hydrogen) atoms. The molecule has 0 aromatic heterocycles. The molecule has 0 aromatic rings. The molecule has 1 nitrogen and oxygen atoms in total. The number of hydrogen-bond acceptors (Lipinski definition) is 1. The van der Waals surface area contributed by atoms with E-state index in [-0.39, 0.29) is 0 Å². The van der Waals surface area contributed by atoms with E-state index in [1.54, 1.807) is 0 Å². The standard InChI is InChI=1S/C6H15BrOSi/c1-5(2)8-6(7)9(3)4/h5-6,9H,1-4H3. The minimum Gasteiger partial charge on any atom is -0.368 e. The summed E-state index contributed by atoms with van der Waals surface area (Å²) in [5.74, 6) is 0. The van der Waals surface area contributed by atoms with Crippen molar-refractivity contribution in [1.29, 1.82) is 0 Å². The lowest BCUT2D eigenvalue weighted by Gasteiger charge is -2.16. The van der Waals surface area contributed by atoms with Crippen LogP contribution in [0, 0.1) is 0 Å². The smallest absolute Gasteiger partial charge is 0.0972 e. The molecular weight excluding hydrogens is 196 g/mol. The Labute approximate surface area is 67.5 Å². The molecule has 0 fully saturated rings. The Morgan fingerprint density at radius 1 is 1.33 bits per heavy atom. The van der Waals surface area contributed by atoms with Crippen LogP contribution in [0.5, 0.6) is 0 Å². The van der Waals surface area contributed by atoms with Crippen LogP contribution in [0.2, 0.25) is 13.1 Å². The van der Waals surface area contributed by atoms with Gasteiger partial charge in [0.1, 0.15) is 0 Å². The molecule has 0 amide bonds. The topological polar surface area (TPSA) is 9.23 Å². The van der Waals surface area contributed by atoms with Gasteiger partial charge in [-0.05, 0) is 13.8 Å². The van der Waals surface area contributed by atoms with Gasteiger partial charge in [-0.25, -0.2) is 0 Å². The van der Waals surface area contributed by atoms with Gasteiger partial charge in [0.25, 0.3) is 0 Å². The maximum absolute atomic E-state index is 5.49. The summed E-state index contributed by atoms with van der Waals surface area (Å²) in [7, 11) is -0.626. The van der Waals surface area contributed by atoms with Crippen molar-refractivity contribution in [1.82, 2.24) is 0 Å². The second kappa shape index (κ2) is 4.47. The second-order valence-corrected chi connectivity index (χ2v) is 7.75. The number of alkyl halides is 1. The van der Waals surface area contributed by atoms with Crippen molar-refractivity contribution in [2.45, 2.75) is 37.7 Å². The lowest BCUT2D eigenvalue weighted by atomic mass is 10.5. The molecule has 0 bridgehead atoms. The van der Waals surface area contributed by atoms with E-state index in [9.17, 15) is 0 Å². The van der Waals surface area contributed by atoms with Crippen molar-refractivity contribution in [3.8, 4) is 0 Å². The van der Waals surface area contributed by atoms with Crippen molar-refractivity contribution in [3.05, 3.63) is 0 Å². The van der Waals surface area contributed by atoms with Crippen molar-refractivity contribution in [3.63, 3.8) is 0 Å². The zero-order chi connectivity index (χ0) is 7.44. The molecule has 0 aromatic carbocycles. The molecule has 0 aliphatic heterocycles. The molecule has 0 heterocycles. The number of rotatable bonds is 3. The monoisotopic (exact) mass is 210 g/mol. The van der Waals surface area contributed by atoms with Crippen LogP contribution in [0.3, 0.4) is 0 Å². The molecule has 1 atom stereocenters. The Morgan fingerprint density at radius 2 is 1.78 bits per heavy atom. The summed E-state index contributed by atoms with van der Waals surface area (Å²) < 4.78 is 5.83. The Kier molecular flexibility index (Phi) is 4.80. The largest absolute Gasteiger partial charge is 0.368 e. The maximum Gasteiger partial charge on any atom is 0.0972 e. The normalized spacial score (nSPS) is 15.0. The SMILES string of the molecule is CC(C)OC(Br)[SiH](C)C. The lowest BCUT2D eigenvalue weighted by molar-refractivity contribution is 0.0988. The molecule has 0 N–H and O–H groups in total. The Morgan fingerprint density at radius 3 is 1.89 bits per heavy atom. The zero-order valence-electron chi connectivity index (χ0n) is 6.52. The average molecular weight is 211 g/mol. The Bertz CT molecular complexity index is 75.5. The van der Waals surface area contributed by atoms with E-state index in [1.165, 1.54) is 0 Å². The number of ether oxygens (including phenoxy) is 1. The third kappa shape index (κ3) is 5.12.